The van der Waals surface area contributed by atoms with Gasteiger partial charge in [0.15, 0.2) is 9.84 Å². The standard InChI is InChI=1S/C14H14O3S/c15-14(12-7-3-1-4-8-12)11-18(16,17)13-9-5-2-6-10-13/h1-10,14-15H,11H2/t14-/m1/s1. The number of rotatable bonds is 4. The molecule has 0 aliphatic carbocycles. The lowest BCUT2D eigenvalue weighted by Crippen LogP contribution is -2.14. The molecule has 0 radical (unpaired) electrons. The van der Waals surface area contributed by atoms with Crippen molar-refractivity contribution >= 4 is 9.84 Å². The van der Waals surface area contributed by atoms with Crippen LogP contribution in [0.1, 0.15) is 11.7 Å². The van der Waals surface area contributed by atoms with Crippen molar-refractivity contribution in [3.8, 4) is 0 Å². The molecular formula is C14H14O3S. The second kappa shape index (κ2) is 5.33. The molecule has 0 saturated carbocycles. The summed E-state index contributed by atoms with van der Waals surface area (Å²) < 4.78 is 24.1. The first-order chi connectivity index (χ1) is 8.59. The van der Waals surface area contributed by atoms with Gasteiger partial charge in [0.1, 0.15) is 0 Å². The van der Waals surface area contributed by atoms with Crippen LogP contribution < -0.4 is 0 Å². The molecule has 18 heavy (non-hydrogen) atoms. The summed E-state index contributed by atoms with van der Waals surface area (Å²) in [7, 11) is -3.46. The third kappa shape index (κ3) is 2.97. The lowest BCUT2D eigenvalue weighted by Gasteiger charge is -2.11. The van der Waals surface area contributed by atoms with E-state index in [9.17, 15) is 13.5 Å². The van der Waals surface area contributed by atoms with Gasteiger partial charge in [0, 0.05) is 0 Å². The van der Waals surface area contributed by atoms with E-state index < -0.39 is 15.9 Å². The van der Waals surface area contributed by atoms with Gasteiger partial charge in [-0.3, -0.25) is 0 Å². The summed E-state index contributed by atoms with van der Waals surface area (Å²) in [5.41, 5.74) is 0.608. The zero-order valence-corrected chi connectivity index (χ0v) is 10.5. The Kier molecular flexibility index (Phi) is 3.79. The van der Waals surface area contributed by atoms with Gasteiger partial charge in [-0.25, -0.2) is 8.42 Å². The molecule has 0 aliphatic rings. The highest BCUT2D eigenvalue weighted by Gasteiger charge is 2.20. The highest BCUT2D eigenvalue weighted by Crippen LogP contribution is 2.19. The van der Waals surface area contributed by atoms with Gasteiger partial charge in [0.25, 0.3) is 0 Å². The van der Waals surface area contributed by atoms with Crippen molar-refractivity contribution in [1.29, 1.82) is 0 Å². The maximum atomic E-state index is 12.1. The van der Waals surface area contributed by atoms with Crippen LogP contribution in [0.25, 0.3) is 0 Å². The van der Waals surface area contributed by atoms with Crippen LogP contribution in [0.2, 0.25) is 0 Å². The molecule has 0 bridgehead atoms. The van der Waals surface area contributed by atoms with E-state index in [0.29, 0.717) is 5.56 Å². The van der Waals surface area contributed by atoms with Crippen LogP contribution in [0.5, 0.6) is 0 Å². The molecular weight excluding hydrogens is 248 g/mol. The Morgan fingerprint density at radius 1 is 0.889 bits per heavy atom. The maximum Gasteiger partial charge on any atom is 0.181 e. The number of hydrogen-bond donors (Lipinski definition) is 1. The van der Waals surface area contributed by atoms with E-state index in [-0.39, 0.29) is 10.6 Å². The van der Waals surface area contributed by atoms with Gasteiger partial charge in [-0.15, -0.1) is 0 Å². The van der Waals surface area contributed by atoms with Crippen LogP contribution in [-0.2, 0) is 9.84 Å². The van der Waals surface area contributed by atoms with E-state index in [0.717, 1.165) is 0 Å². The molecule has 2 rings (SSSR count). The minimum absolute atomic E-state index is 0.236. The van der Waals surface area contributed by atoms with E-state index in [1.807, 2.05) is 6.07 Å². The fourth-order valence-corrected chi connectivity index (χ4v) is 3.08. The number of sulfone groups is 1. The van der Waals surface area contributed by atoms with Crippen LogP contribution in [0.15, 0.2) is 65.6 Å². The largest absolute Gasteiger partial charge is 0.387 e. The van der Waals surface area contributed by atoms with Crippen molar-refractivity contribution in [3.63, 3.8) is 0 Å². The van der Waals surface area contributed by atoms with Crippen molar-refractivity contribution in [2.24, 2.45) is 0 Å². The van der Waals surface area contributed by atoms with Crippen molar-refractivity contribution < 1.29 is 13.5 Å². The Hall–Kier alpha value is -1.65. The zero-order valence-electron chi connectivity index (χ0n) is 9.73. The molecule has 0 fully saturated rings. The van der Waals surface area contributed by atoms with Gasteiger partial charge in [-0.1, -0.05) is 48.5 Å². The van der Waals surface area contributed by atoms with Crippen LogP contribution in [-0.4, -0.2) is 19.3 Å². The quantitative estimate of drug-likeness (QED) is 0.919. The molecule has 0 amide bonds. The highest BCUT2D eigenvalue weighted by molar-refractivity contribution is 7.91. The Labute approximate surface area is 107 Å². The van der Waals surface area contributed by atoms with Gasteiger partial charge < -0.3 is 5.11 Å². The van der Waals surface area contributed by atoms with E-state index in [1.165, 1.54) is 12.1 Å². The molecule has 1 atom stereocenters. The van der Waals surface area contributed by atoms with E-state index >= 15 is 0 Å². The van der Waals surface area contributed by atoms with Crippen molar-refractivity contribution in [1.82, 2.24) is 0 Å². The molecule has 0 aromatic heterocycles. The van der Waals surface area contributed by atoms with Crippen molar-refractivity contribution in [2.45, 2.75) is 11.0 Å². The second-order valence-corrected chi connectivity index (χ2v) is 6.06. The fourth-order valence-electron chi connectivity index (χ4n) is 1.70. The molecule has 0 saturated heterocycles. The van der Waals surface area contributed by atoms with Gasteiger partial charge in [0.2, 0.25) is 0 Å². The summed E-state index contributed by atoms with van der Waals surface area (Å²) >= 11 is 0. The first-order valence-electron chi connectivity index (χ1n) is 5.60. The molecule has 2 aromatic carbocycles. The normalized spacial score (nSPS) is 13.2. The second-order valence-electron chi connectivity index (χ2n) is 4.02. The van der Waals surface area contributed by atoms with Crippen LogP contribution in [0.3, 0.4) is 0 Å². The van der Waals surface area contributed by atoms with Crippen molar-refractivity contribution in [3.05, 3.63) is 66.2 Å². The van der Waals surface area contributed by atoms with Crippen LogP contribution in [0.4, 0.5) is 0 Å². The third-order valence-corrected chi connectivity index (χ3v) is 4.41. The number of hydrogen-bond acceptors (Lipinski definition) is 3. The predicted octanol–water partition coefficient (Wildman–Crippen LogP) is 2.19. The summed E-state index contributed by atoms with van der Waals surface area (Å²) in [6.45, 7) is 0. The number of aliphatic hydroxyl groups excluding tert-OH is 1. The molecule has 2 aromatic rings. The van der Waals surface area contributed by atoms with Gasteiger partial charge in [0.05, 0.1) is 16.8 Å². The van der Waals surface area contributed by atoms with Crippen LogP contribution >= 0.6 is 0 Å². The average molecular weight is 262 g/mol. The minimum atomic E-state index is -3.46. The zero-order chi connectivity index (χ0) is 13.0. The third-order valence-electron chi connectivity index (χ3n) is 2.66. The van der Waals surface area contributed by atoms with Gasteiger partial charge in [-0.2, -0.15) is 0 Å². The first-order valence-corrected chi connectivity index (χ1v) is 7.25. The Morgan fingerprint density at radius 3 is 1.94 bits per heavy atom. The fraction of sp³-hybridized carbons (Fsp3) is 0.143. The summed E-state index contributed by atoms with van der Waals surface area (Å²) in [5, 5.41) is 9.94. The minimum Gasteiger partial charge on any atom is -0.387 e. The summed E-state index contributed by atoms with van der Waals surface area (Å²) in [6.07, 6.45) is -1.00. The molecule has 0 unspecified atom stereocenters. The molecule has 94 valence electrons. The Morgan fingerprint density at radius 2 is 1.39 bits per heavy atom. The predicted molar refractivity (Wildman–Crippen MR) is 69.9 cm³/mol. The van der Waals surface area contributed by atoms with Crippen molar-refractivity contribution in [2.75, 3.05) is 5.75 Å². The van der Waals surface area contributed by atoms with E-state index in [2.05, 4.69) is 0 Å². The van der Waals surface area contributed by atoms with E-state index in [4.69, 9.17) is 0 Å². The van der Waals surface area contributed by atoms with Gasteiger partial charge >= 0.3 is 0 Å². The average Bonchev–Trinajstić information content (AvgIpc) is 2.40. The first kappa shape index (κ1) is 12.8. The number of aliphatic hydroxyl groups is 1. The topological polar surface area (TPSA) is 54.4 Å². The Bertz CT molecular complexity index is 591. The molecule has 4 heteroatoms. The SMILES string of the molecule is O=S(=O)(C[C@@H](O)c1ccccc1)c1ccccc1. The summed E-state index contributed by atoms with van der Waals surface area (Å²) in [6, 6.07) is 17.0. The molecule has 0 aliphatic heterocycles. The molecule has 0 heterocycles. The smallest absolute Gasteiger partial charge is 0.181 e. The lowest BCUT2D eigenvalue weighted by atomic mass is 10.1. The highest BCUT2D eigenvalue weighted by atomic mass is 32.2. The monoisotopic (exact) mass is 262 g/mol. The van der Waals surface area contributed by atoms with Gasteiger partial charge in [-0.05, 0) is 17.7 Å². The maximum absolute atomic E-state index is 12.1. The van der Waals surface area contributed by atoms with Crippen LogP contribution in [0, 0.1) is 0 Å². The van der Waals surface area contributed by atoms with E-state index in [1.54, 1.807) is 42.5 Å². The summed E-state index contributed by atoms with van der Waals surface area (Å²) in [5.74, 6) is -0.305. The molecule has 1 N–H and O–H groups in total. The Balaban J connectivity index is 2.20. The lowest BCUT2D eigenvalue weighted by molar-refractivity contribution is 0.201. The summed E-state index contributed by atoms with van der Waals surface area (Å²) in [4.78, 5) is 0.236. The molecule has 3 nitrogen and oxygen atoms in total. The number of benzene rings is 2. The molecule has 0 spiro atoms.